The number of anilines is 1. The fourth-order valence-corrected chi connectivity index (χ4v) is 3.81. The number of hydrogen-bond donors (Lipinski definition) is 1. The van der Waals surface area contributed by atoms with Crippen LogP contribution in [0.4, 0.5) is 5.69 Å². The lowest BCUT2D eigenvalue weighted by atomic mass is 9.85. The van der Waals surface area contributed by atoms with E-state index in [-0.39, 0.29) is 23.7 Å². The molecule has 1 N–H and O–H groups in total. The summed E-state index contributed by atoms with van der Waals surface area (Å²) in [5, 5.41) is 2.78. The number of hydrogen-bond acceptors (Lipinski definition) is 5. The summed E-state index contributed by atoms with van der Waals surface area (Å²) in [4.78, 5) is 39.1. The van der Waals surface area contributed by atoms with E-state index in [1.54, 1.807) is 25.1 Å². The highest BCUT2D eigenvalue weighted by atomic mass is 16.5. The molecule has 142 valence electrons. The SMILES string of the molecule is C[C@H](C(=O)Nc1ccc2c(c1)OCCCO2)N1C(=O)[C@H]2CC=CC[C@H]2C1=O. The molecule has 3 atom stereocenters. The Bertz CT molecular complexity index is 793. The van der Waals surface area contributed by atoms with Gasteiger partial charge in [0.05, 0.1) is 25.0 Å². The van der Waals surface area contributed by atoms with E-state index in [1.807, 2.05) is 12.2 Å². The molecule has 1 aromatic rings. The van der Waals surface area contributed by atoms with Crippen LogP contribution in [0.25, 0.3) is 0 Å². The molecule has 27 heavy (non-hydrogen) atoms. The number of likely N-dealkylation sites (tertiary alicyclic amines) is 1. The second-order valence-electron chi connectivity index (χ2n) is 7.08. The fourth-order valence-electron chi connectivity index (χ4n) is 3.81. The number of imide groups is 1. The van der Waals surface area contributed by atoms with Crippen molar-refractivity contribution in [1.29, 1.82) is 0 Å². The molecule has 1 aliphatic carbocycles. The average Bonchev–Trinajstić information content (AvgIpc) is 2.82. The van der Waals surface area contributed by atoms with Crippen molar-refractivity contribution < 1.29 is 23.9 Å². The number of amides is 3. The molecule has 0 saturated carbocycles. The normalized spacial score (nSPS) is 25.0. The van der Waals surface area contributed by atoms with E-state index in [2.05, 4.69) is 5.32 Å². The van der Waals surface area contributed by atoms with Gasteiger partial charge in [-0.3, -0.25) is 19.3 Å². The fraction of sp³-hybridized carbons (Fsp3) is 0.450. The van der Waals surface area contributed by atoms with Crippen LogP contribution in [0, 0.1) is 11.8 Å². The Kier molecular flexibility index (Phi) is 4.59. The number of allylic oxidation sites excluding steroid dienone is 2. The number of carbonyl (C=O) groups is 3. The summed E-state index contributed by atoms with van der Waals surface area (Å²) in [7, 11) is 0. The molecule has 1 saturated heterocycles. The summed E-state index contributed by atoms with van der Waals surface area (Å²) in [5.41, 5.74) is 0.536. The lowest BCUT2D eigenvalue weighted by molar-refractivity contribution is -0.146. The molecule has 4 rings (SSSR count). The number of ether oxygens (including phenoxy) is 2. The zero-order chi connectivity index (χ0) is 19.0. The number of rotatable bonds is 3. The molecule has 0 unspecified atom stereocenters. The average molecular weight is 370 g/mol. The van der Waals surface area contributed by atoms with Crippen LogP contribution in [0.15, 0.2) is 30.4 Å². The van der Waals surface area contributed by atoms with Gasteiger partial charge in [0.15, 0.2) is 11.5 Å². The van der Waals surface area contributed by atoms with Gasteiger partial charge in [0, 0.05) is 18.2 Å². The minimum absolute atomic E-state index is 0.254. The third-order valence-corrected chi connectivity index (χ3v) is 5.32. The summed E-state index contributed by atoms with van der Waals surface area (Å²) < 4.78 is 11.2. The summed E-state index contributed by atoms with van der Waals surface area (Å²) in [6.07, 6.45) is 5.77. The van der Waals surface area contributed by atoms with Gasteiger partial charge in [-0.2, -0.15) is 0 Å². The van der Waals surface area contributed by atoms with Crippen molar-refractivity contribution in [3.05, 3.63) is 30.4 Å². The maximum absolute atomic E-state index is 12.7. The molecule has 1 aromatic carbocycles. The predicted molar refractivity (Wildman–Crippen MR) is 97.3 cm³/mol. The molecular weight excluding hydrogens is 348 g/mol. The van der Waals surface area contributed by atoms with Gasteiger partial charge >= 0.3 is 0 Å². The number of carbonyl (C=O) groups excluding carboxylic acids is 3. The quantitative estimate of drug-likeness (QED) is 0.651. The monoisotopic (exact) mass is 370 g/mol. The van der Waals surface area contributed by atoms with Gasteiger partial charge in [-0.15, -0.1) is 0 Å². The van der Waals surface area contributed by atoms with Crippen LogP contribution >= 0.6 is 0 Å². The van der Waals surface area contributed by atoms with Gasteiger partial charge < -0.3 is 14.8 Å². The lowest BCUT2D eigenvalue weighted by Gasteiger charge is -2.22. The van der Waals surface area contributed by atoms with Crippen LogP contribution in [0.1, 0.15) is 26.2 Å². The molecule has 3 amide bonds. The molecule has 1 fully saturated rings. The van der Waals surface area contributed by atoms with Crippen LogP contribution < -0.4 is 14.8 Å². The van der Waals surface area contributed by atoms with Crippen molar-refractivity contribution in [1.82, 2.24) is 4.90 Å². The third kappa shape index (κ3) is 3.18. The minimum Gasteiger partial charge on any atom is -0.490 e. The highest BCUT2D eigenvalue weighted by Gasteiger charge is 2.50. The second kappa shape index (κ2) is 7.06. The zero-order valence-corrected chi connectivity index (χ0v) is 15.1. The number of nitrogens with one attached hydrogen (secondary N) is 1. The molecule has 0 bridgehead atoms. The molecule has 0 spiro atoms. The zero-order valence-electron chi connectivity index (χ0n) is 15.1. The van der Waals surface area contributed by atoms with E-state index < -0.39 is 11.9 Å². The van der Waals surface area contributed by atoms with Crippen molar-refractivity contribution in [2.24, 2.45) is 11.8 Å². The van der Waals surface area contributed by atoms with Crippen LogP contribution in [0.2, 0.25) is 0 Å². The topological polar surface area (TPSA) is 84.9 Å². The number of fused-ring (bicyclic) bond motifs is 2. The van der Waals surface area contributed by atoms with E-state index in [0.717, 1.165) is 11.3 Å². The van der Waals surface area contributed by atoms with Gasteiger partial charge in [-0.05, 0) is 31.9 Å². The first-order chi connectivity index (χ1) is 13.1. The molecule has 7 heteroatoms. The van der Waals surface area contributed by atoms with Crippen molar-refractivity contribution >= 4 is 23.4 Å². The summed E-state index contributed by atoms with van der Waals surface area (Å²) >= 11 is 0. The molecule has 0 radical (unpaired) electrons. The molecule has 7 nitrogen and oxygen atoms in total. The van der Waals surface area contributed by atoms with Gasteiger partial charge in [0.1, 0.15) is 6.04 Å². The van der Waals surface area contributed by atoms with E-state index in [1.165, 1.54) is 0 Å². The van der Waals surface area contributed by atoms with Crippen LogP contribution in [-0.2, 0) is 14.4 Å². The Morgan fingerprint density at radius 3 is 2.37 bits per heavy atom. The summed E-state index contributed by atoms with van der Waals surface area (Å²) in [5.74, 6) is -0.376. The summed E-state index contributed by atoms with van der Waals surface area (Å²) in [6, 6.07) is 4.29. The van der Waals surface area contributed by atoms with Crippen LogP contribution in [0.3, 0.4) is 0 Å². The summed E-state index contributed by atoms with van der Waals surface area (Å²) in [6.45, 7) is 2.72. The highest BCUT2D eigenvalue weighted by Crippen LogP contribution is 2.36. The molecule has 3 aliphatic rings. The van der Waals surface area contributed by atoms with Gasteiger partial charge in [-0.1, -0.05) is 12.2 Å². The molecular formula is C20H22N2O5. The highest BCUT2D eigenvalue weighted by molar-refractivity contribution is 6.10. The van der Waals surface area contributed by atoms with Crippen molar-refractivity contribution in [2.75, 3.05) is 18.5 Å². The van der Waals surface area contributed by atoms with Gasteiger partial charge in [-0.25, -0.2) is 0 Å². The van der Waals surface area contributed by atoms with Crippen molar-refractivity contribution in [3.63, 3.8) is 0 Å². The molecule has 2 aliphatic heterocycles. The maximum Gasteiger partial charge on any atom is 0.247 e. The van der Waals surface area contributed by atoms with Crippen molar-refractivity contribution in [2.45, 2.75) is 32.2 Å². The lowest BCUT2D eigenvalue weighted by Crippen LogP contribution is -2.46. The largest absolute Gasteiger partial charge is 0.490 e. The van der Waals surface area contributed by atoms with E-state index in [9.17, 15) is 14.4 Å². The second-order valence-corrected chi connectivity index (χ2v) is 7.08. The molecule has 2 heterocycles. The smallest absolute Gasteiger partial charge is 0.247 e. The van der Waals surface area contributed by atoms with Crippen LogP contribution in [0.5, 0.6) is 11.5 Å². The van der Waals surface area contributed by atoms with E-state index in [0.29, 0.717) is 43.2 Å². The minimum atomic E-state index is -0.869. The van der Waals surface area contributed by atoms with E-state index >= 15 is 0 Å². The Morgan fingerprint density at radius 2 is 1.70 bits per heavy atom. The standard InChI is InChI=1S/C20H22N2O5/c1-12(22-19(24)14-5-2-3-6-15(14)20(22)25)18(23)21-13-7-8-16-17(11-13)27-10-4-9-26-16/h2-3,7-8,11-12,14-15H,4-6,9-10H2,1H3,(H,21,23)/t12-,14-,15+/m1/s1. The first-order valence-corrected chi connectivity index (χ1v) is 9.28. The predicted octanol–water partition coefficient (Wildman–Crippen LogP) is 2.13. The van der Waals surface area contributed by atoms with Gasteiger partial charge in [0.2, 0.25) is 17.7 Å². The van der Waals surface area contributed by atoms with Crippen LogP contribution in [-0.4, -0.2) is 41.9 Å². The van der Waals surface area contributed by atoms with E-state index in [4.69, 9.17) is 9.47 Å². The Labute approximate surface area is 157 Å². The Morgan fingerprint density at radius 1 is 1.07 bits per heavy atom. The third-order valence-electron chi connectivity index (χ3n) is 5.32. The first kappa shape index (κ1) is 17.6. The Hall–Kier alpha value is -2.83. The van der Waals surface area contributed by atoms with Gasteiger partial charge in [0.25, 0.3) is 0 Å². The molecule has 0 aromatic heterocycles. The maximum atomic E-state index is 12.7. The van der Waals surface area contributed by atoms with Crippen molar-refractivity contribution in [3.8, 4) is 11.5 Å². The Balaban J connectivity index is 1.48. The number of nitrogens with zero attached hydrogens (tertiary/aromatic N) is 1. The first-order valence-electron chi connectivity index (χ1n) is 9.28. The number of benzene rings is 1.